The number of pyridine rings is 1. The molecule has 0 aliphatic heterocycles. The van der Waals surface area contributed by atoms with E-state index in [-0.39, 0.29) is 0 Å². The first kappa shape index (κ1) is 15.3. The molecule has 4 heteroatoms. The summed E-state index contributed by atoms with van der Waals surface area (Å²) in [4.78, 5) is 4.54. The van der Waals surface area contributed by atoms with E-state index in [4.69, 9.17) is 11.6 Å². The molecule has 0 aliphatic rings. The number of anilines is 1. The van der Waals surface area contributed by atoms with Gasteiger partial charge < -0.3 is 10.6 Å². The molecule has 0 saturated heterocycles. The lowest BCUT2D eigenvalue weighted by molar-refractivity contribution is 0.518. The second-order valence-corrected chi connectivity index (χ2v) is 4.88. The smallest absolute Gasteiger partial charge is 0.126 e. The second kappa shape index (κ2) is 8.33. The van der Waals surface area contributed by atoms with E-state index in [1.807, 2.05) is 12.1 Å². The first-order chi connectivity index (χ1) is 8.71. The van der Waals surface area contributed by atoms with Crippen molar-refractivity contribution in [2.24, 2.45) is 5.92 Å². The molecule has 18 heavy (non-hydrogen) atoms. The van der Waals surface area contributed by atoms with Gasteiger partial charge in [-0.05, 0) is 24.6 Å². The maximum atomic E-state index is 6.12. The highest BCUT2D eigenvalue weighted by atomic mass is 35.5. The molecule has 0 unspecified atom stereocenters. The van der Waals surface area contributed by atoms with E-state index in [1.165, 1.54) is 12.8 Å². The Labute approximate surface area is 115 Å². The molecule has 0 radical (unpaired) electrons. The van der Waals surface area contributed by atoms with E-state index in [0.29, 0.717) is 5.92 Å². The zero-order chi connectivity index (χ0) is 13.4. The van der Waals surface area contributed by atoms with Crippen molar-refractivity contribution < 1.29 is 0 Å². The Morgan fingerprint density at radius 1 is 1.22 bits per heavy atom. The molecule has 0 aliphatic carbocycles. The number of hydrogen-bond donors (Lipinski definition) is 2. The minimum absolute atomic E-state index is 0.708. The summed E-state index contributed by atoms with van der Waals surface area (Å²) in [6, 6.07) is 3.86. The monoisotopic (exact) mass is 269 g/mol. The standard InChI is InChI=1S/C14H24ClN3/c1-4-11(5-2)9-17-14-8-7-12(15)13(18-14)10-16-6-3/h7-8,11,16H,4-6,9-10H2,1-3H3,(H,17,18). The molecule has 0 spiro atoms. The molecule has 1 aromatic rings. The third kappa shape index (κ3) is 4.83. The molecule has 0 aromatic carbocycles. The third-order valence-corrected chi connectivity index (χ3v) is 3.53. The van der Waals surface area contributed by atoms with E-state index in [1.54, 1.807) is 0 Å². The van der Waals surface area contributed by atoms with Crippen LogP contribution in [0.25, 0.3) is 0 Å². The van der Waals surface area contributed by atoms with Crippen LogP contribution in [0.15, 0.2) is 12.1 Å². The Bertz CT molecular complexity index is 351. The Balaban J connectivity index is 2.60. The molecule has 3 nitrogen and oxygen atoms in total. The highest BCUT2D eigenvalue weighted by molar-refractivity contribution is 6.31. The van der Waals surface area contributed by atoms with Gasteiger partial charge in [-0.1, -0.05) is 45.2 Å². The van der Waals surface area contributed by atoms with Crippen LogP contribution in [0.5, 0.6) is 0 Å². The van der Waals surface area contributed by atoms with Gasteiger partial charge in [0.05, 0.1) is 10.7 Å². The average Bonchev–Trinajstić information content (AvgIpc) is 2.40. The average molecular weight is 270 g/mol. The topological polar surface area (TPSA) is 37.0 Å². The summed E-state index contributed by atoms with van der Waals surface area (Å²) >= 11 is 6.12. The predicted octanol–water partition coefficient (Wildman–Crippen LogP) is 3.69. The maximum absolute atomic E-state index is 6.12. The molecule has 0 saturated carbocycles. The van der Waals surface area contributed by atoms with Gasteiger partial charge in [-0.2, -0.15) is 0 Å². The summed E-state index contributed by atoms with van der Waals surface area (Å²) in [6.45, 7) is 9.13. The van der Waals surface area contributed by atoms with E-state index < -0.39 is 0 Å². The zero-order valence-electron chi connectivity index (χ0n) is 11.6. The molecule has 2 N–H and O–H groups in total. The molecular weight excluding hydrogens is 246 g/mol. The van der Waals surface area contributed by atoms with Crippen molar-refractivity contribution in [3.05, 3.63) is 22.8 Å². The van der Waals surface area contributed by atoms with E-state index in [2.05, 4.69) is 36.4 Å². The number of aromatic nitrogens is 1. The van der Waals surface area contributed by atoms with Crippen molar-refractivity contribution in [3.63, 3.8) is 0 Å². The SMILES string of the molecule is CCNCc1nc(NCC(CC)CC)ccc1Cl. The highest BCUT2D eigenvalue weighted by Gasteiger charge is 2.06. The van der Waals surface area contributed by atoms with Crippen LogP contribution in [-0.4, -0.2) is 18.1 Å². The summed E-state index contributed by atoms with van der Waals surface area (Å²) in [6.07, 6.45) is 2.39. The van der Waals surface area contributed by atoms with Crippen molar-refractivity contribution >= 4 is 17.4 Å². The molecule has 0 amide bonds. The number of rotatable bonds is 8. The van der Waals surface area contributed by atoms with Crippen LogP contribution in [0.3, 0.4) is 0 Å². The first-order valence-corrected chi connectivity index (χ1v) is 7.19. The summed E-state index contributed by atoms with van der Waals surface area (Å²) < 4.78 is 0. The number of nitrogens with one attached hydrogen (secondary N) is 2. The molecule has 1 heterocycles. The first-order valence-electron chi connectivity index (χ1n) is 6.81. The van der Waals surface area contributed by atoms with Crippen molar-refractivity contribution in [2.75, 3.05) is 18.4 Å². The van der Waals surface area contributed by atoms with E-state index in [9.17, 15) is 0 Å². The number of hydrogen-bond acceptors (Lipinski definition) is 3. The van der Waals surface area contributed by atoms with Crippen molar-refractivity contribution in [1.82, 2.24) is 10.3 Å². The van der Waals surface area contributed by atoms with Gasteiger partial charge in [0.1, 0.15) is 5.82 Å². The van der Waals surface area contributed by atoms with E-state index in [0.717, 1.165) is 36.2 Å². The lowest BCUT2D eigenvalue weighted by atomic mass is 10.0. The summed E-state index contributed by atoms with van der Waals surface area (Å²) in [5.74, 6) is 1.62. The van der Waals surface area contributed by atoms with Crippen LogP contribution < -0.4 is 10.6 Å². The molecule has 102 valence electrons. The largest absolute Gasteiger partial charge is 0.370 e. The second-order valence-electron chi connectivity index (χ2n) is 4.47. The lowest BCUT2D eigenvalue weighted by Crippen LogP contribution is -2.16. The minimum atomic E-state index is 0.708. The van der Waals surface area contributed by atoms with Crippen LogP contribution in [0.2, 0.25) is 5.02 Å². The van der Waals surface area contributed by atoms with Crippen molar-refractivity contribution in [2.45, 2.75) is 40.2 Å². The zero-order valence-corrected chi connectivity index (χ0v) is 12.3. The Hall–Kier alpha value is -0.800. The van der Waals surface area contributed by atoms with Crippen LogP contribution in [0.1, 0.15) is 39.3 Å². The normalized spacial score (nSPS) is 10.9. The predicted molar refractivity (Wildman–Crippen MR) is 79.2 cm³/mol. The fraction of sp³-hybridized carbons (Fsp3) is 0.643. The van der Waals surface area contributed by atoms with Crippen molar-refractivity contribution in [3.8, 4) is 0 Å². The molecular formula is C14H24ClN3. The Morgan fingerprint density at radius 2 is 1.94 bits per heavy atom. The number of nitrogens with zero attached hydrogens (tertiary/aromatic N) is 1. The van der Waals surface area contributed by atoms with Crippen LogP contribution >= 0.6 is 11.6 Å². The van der Waals surface area contributed by atoms with E-state index >= 15 is 0 Å². The third-order valence-electron chi connectivity index (χ3n) is 3.19. The highest BCUT2D eigenvalue weighted by Crippen LogP contribution is 2.17. The Kier molecular flexibility index (Phi) is 7.06. The molecule has 1 rings (SSSR count). The molecule has 0 fully saturated rings. The fourth-order valence-electron chi connectivity index (χ4n) is 1.78. The van der Waals surface area contributed by atoms with Crippen LogP contribution in [0, 0.1) is 5.92 Å². The van der Waals surface area contributed by atoms with Gasteiger partial charge in [0.25, 0.3) is 0 Å². The molecule has 1 aromatic heterocycles. The summed E-state index contributed by atoms with van der Waals surface area (Å²) in [5.41, 5.74) is 0.910. The molecule has 0 bridgehead atoms. The lowest BCUT2D eigenvalue weighted by Gasteiger charge is -2.14. The van der Waals surface area contributed by atoms with Gasteiger partial charge in [-0.15, -0.1) is 0 Å². The van der Waals surface area contributed by atoms with Crippen molar-refractivity contribution in [1.29, 1.82) is 0 Å². The van der Waals surface area contributed by atoms with Gasteiger partial charge in [-0.25, -0.2) is 4.98 Å². The number of halogens is 1. The maximum Gasteiger partial charge on any atom is 0.126 e. The summed E-state index contributed by atoms with van der Waals surface area (Å²) in [5, 5.41) is 7.36. The van der Waals surface area contributed by atoms with Gasteiger partial charge >= 0.3 is 0 Å². The molecule has 0 atom stereocenters. The Morgan fingerprint density at radius 3 is 2.56 bits per heavy atom. The summed E-state index contributed by atoms with van der Waals surface area (Å²) in [7, 11) is 0. The fourth-order valence-corrected chi connectivity index (χ4v) is 1.95. The van der Waals surface area contributed by atoms with Crippen LogP contribution in [0.4, 0.5) is 5.82 Å². The van der Waals surface area contributed by atoms with Gasteiger partial charge in [-0.3, -0.25) is 0 Å². The van der Waals surface area contributed by atoms with Crippen LogP contribution in [-0.2, 0) is 6.54 Å². The van der Waals surface area contributed by atoms with Gasteiger partial charge in [0, 0.05) is 13.1 Å². The van der Waals surface area contributed by atoms with Gasteiger partial charge in [0.15, 0.2) is 0 Å². The minimum Gasteiger partial charge on any atom is -0.370 e. The quantitative estimate of drug-likeness (QED) is 0.756. The van der Waals surface area contributed by atoms with Gasteiger partial charge in [0.2, 0.25) is 0 Å².